The first-order valence-corrected chi connectivity index (χ1v) is 10.1. The first-order chi connectivity index (χ1) is 14.0. The third kappa shape index (κ3) is 6.19. The Labute approximate surface area is 178 Å². The van der Waals surface area contributed by atoms with E-state index >= 15 is 0 Å². The predicted molar refractivity (Wildman–Crippen MR) is 114 cm³/mol. The summed E-state index contributed by atoms with van der Waals surface area (Å²) in [6.45, 7) is 6.94. The summed E-state index contributed by atoms with van der Waals surface area (Å²) in [5.41, 5.74) is -0.298. The molecule has 0 saturated carbocycles. The van der Waals surface area contributed by atoms with E-state index < -0.39 is 17.0 Å². The van der Waals surface area contributed by atoms with E-state index in [-0.39, 0.29) is 12.0 Å². The minimum atomic E-state index is -0.650. The number of hydrogen-bond donors (Lipinski definition) is 1. The van der Waals surface area contributed by atoms with E-state index in [1.807, 2.05) is 39.8 Å². The van der Waals surface area contributed by atoms with Crippen molar-refractivity contribution in [3.05, 3.63) is 29.8 Å². The monoisotopic (exact) mass is 419 g/mol. The molecule has 0 atom stereocenters. The number of piperidine rings is 1. The van der Waals surface area contributed by atoms with E-state index in [1.165, 1.54) is 7.11 Å². The van der Waals surface area contributed by atoms with Crippen LogP contribution in [0.1, 0.15) is 44.0 Å². The van der Waals surface area contributed by atoms with Crippen molar-refractivity contribution in [1.82, 2.24) is 9.80 Å². The second kappa shape index (κ2) is 9.47. The van der Waals surface area contributed by atoms with Crippen molar-refractivity contribution >= 4 is 23.7 Å². The second-order valence-corrected chi connectivity index (χ2v) is 9.01. The van der Waals surface area contributed by atoms with Gasteiger partial charge in [0, 0.05) is 25.3 Å². The number of likely N-dealkylation sites (tertiary alicyclic amines) is 1. The number of nitrogens with zero attached hydrogens (tertiary/aromatic N) is 2. The third-order valence-electron chi connectivity index (χ3n) is 5.01. The highest BCUT2D eigenvalue weighted by Crippen LogP contribution is 2.34. The van der Waals surface area contributed by atoms with Crippen LogP contribution >= 0.6 is 0 Å². The molecule has 8 heteroatoms. The van der Waals surface area contributed by atoms with Gasteiger partial charge in [0.1, 0.15) is 5.60 Å². The van der Waals surface area contributed by atoms with Crippen molar-refractivity contribution in [2.75, 3.05) is 46.2 Å². The predicted octanol–water partition coefficient (Wildman–Crippen LogP) is 2.99. The van der Waals surface area contributed by atoms with E-state index in [4.69, 9.17) is 9.47 Å². The quantitative estimate of drug-likeness (QED) is 0.738. The normalized spacial score (nSPS) is 16.2. The van der Waals surface area contributed by atoms with Crippen LogP contribution in [0.25, 0.3) is 0 Å². The highest BCUT2D eigenvalue weighted by molar-refractivity contribution is 5.97. The summed E-state index contributed by atoms with van der Waals surface area (Å²) in [5.74, 6) is -0.582. The lowest BCUT2D eigenvalue weighted by Crippen LogP contribution is -2.53. The number of benzene rings is 1. The molecule has 2 amide bonds. The van der Waals surface area contributed by atoms with Gasteiger partial charge in [-0.15, -0.1) is 0 Å². The zero-order valence-corrected chi connectivity index (χ0v) is 18.8. The Bertz CT molecular complexity index is 777. The molecule has 1 fully saturated rings. The molecular weight excluding hydrogens is 386 g/mol. The van der Waals surface area contributed by atoms with E-state index in [9.17, 15) is 14.4 Å². The standard InChI is InChI=1S/C22H33N3O5/c1-21(2,3)30-20(28)25-12-10-22(11-13-25,15-24(4)5)19(27)23-17-9-7-8-16(14-17)18(26)29-6/h7-9,14H,10-13,15H2,1-6H3,(H,23,27). The van der Waals surface area contributed by atoms with Gasteiger partial charge in [-0.2, -0.15) is 0 Å². The van der Waals surface area contributed by atoms with Gasteiger partial charge >= 0.3 is 12.1 Å². The van der Waals surface area contributed by atoms with Crippen LogP contribution < -0.4 is 5.32 Å². The number of esters is 1. The molecule has 0 radical (unpaired) electrons. The smallest absolute Gasteiger partial charge is 0.410 e. The molecule has 1 aromatic rings. The number of ether oxygens (including phenoxy) is 2. The van der Waals surface area contributed by atoms with Crippen LogP contribution in [0, 0.1) is 5.41 Å². The minimum absolute atomic E-state index is 0.123. The van der Waals surface area contributed by atoms with E-state index in [0.717, 1.165) is 0 Å². The molecule has 8 nitrogen and oxygen atoms in total. The Morgan fingerprint density at radius 1 is 1.17 bits per heavy atom. The van der Waals surface area contributed by atoms with Crippen molar-refractivity contribution in [3.8, 4) is 0 Å². The van der Waals surface area contributed by atoms with Gasteiger partial charge in [-0.3, -0.25) is 4.79 Å². The molecule has 1 aliphatic rings. The van der Waals surface area contributed by atoms with Crippen molar-refractivity contribution in [2.24, 2.45) is 5.41 Å². The number of carbonyl (C=O) groups excluding carboxylic acids is 3. The molecule has 30 heavy (non-hydrogen) atoms. The largest absolute Gasteiger partial charge is 0.465 e. The molecule has 1 N–H and O–H groups in total. The van der Waals surface area contributed by atoms with E-state index in [2.05, 4.69) is 5.32 Å². The average Bonchev–Trinajstić information content (AvgIpc) is 2.66. The highest BCUT2D eigenvalue weighted by atomic mass is 16.6. The fourth-order valence-corrected chi connectivity index (χ4v) is 3.61. The van der Waals surface area contributed by atoms with Gasteiger partial charge < -0.3 is 24.6 Å². The van der Waals surface area contributed by atoms with Crippen molar-refractivity contribution in [2.45, 2.75) is 39.2 Å². The third-order valence-corrected chi connectivity index (χ3v) is 5.01. The summed E-state index contributed by atoms with van der Waals surface area (Å²) in [5, 5.41) is 2.95. The first-order valence-electron chi connectivity index (χ1n) is 10.1. The number of nitrogens with one attached hydrogen (secondary N) is 1. The fraction of sp³-hybridized carbons (Fsp3) is 0.591. The summed E-state index contributed by atoms with van der Waals surface area (Å²) in [7, 11) is 5.17. The minimum Gasteiger partial charge on any atom is -0.465 e. The van der Waals surface area contributed by atoms with Crippen LogP contribution in [-0.4, -0.2) is 74.2 Å². The lowest BCUT2D eigenvalue weighted by molar-refractivity contribution is -0.129. The maximum Gasteiger partial charge on any atom is 0.410 e. The number of anilines is 1. The summed E-state index contributed by atoms with van der Waals surface area (Å²) < 4.78 is 10.2. The Balaban J connectivity index is 2.13. The van der Waals surface area contributed by atoms with Gasteiger partial charge in [-0.05, 0) is 65.9 Å². The number of rotatable bonds is 5. The molecule has 1 heterocycles. The van der Waals surface area contributed by atoms with Gasteiger partial charge in [0.05, 0.1) is 18.1 Å². The molecule has 0 aliphatic carbocycles. The van der Waals surface area contributed by atoms with Crippen LogP contribution in [0.15, 0.2) is 24.3 Å². The highest BCUT2D eigenvalue weighted by Gasteiger charge is 2.43. The first kappa shape index (κ1) is 23.7. The molecule has 0 bridgehead atoms. The Morgan fingerprint density at radius 2 is 1.80 bits per heavy atom. The Hall–Kier alpha value is -2.61. The van der Waals surface area contributed by atoms with E-state index in [0.29, 0.717) is 43.7 Å². The average molecular weight is 420 g/mol. The maximum absolute atomic E-state index is 13.3. The zero-order valence-electron chi connectivity index (χ0n) is 18.8. The molecule has 0 spiro atoms. The van der Waals surface area contributed by atoms with Gasteiger partial charge in [0.2, 0.25) is 5.91 Å². The lowest BCUT2D eigenvalue weighted by Gasteiger charge is -2.42. The maximum atomic E-state index is 13.3. The summed E-state index contributed by atoms with van der Waals surface area (Å²) in [6, 6.07) is 6.68. The van der Waals surface area contributed by atoms with Crippen molar-refractivity contribution in [3.63, 3.8) is 0 Å². The Kier molecular flexibility index (Phi) is 7.47. The van der Waals surface area contributed by atoms with Crippen LogP contribution in [0.3, 0.4) is 0 Å². The fourth-order valence-electron chi connectivity index (χ4n) is 3.61. The molecule has 2 rings (SSSR count). The van der Waals surface area contributed by atoms with Gasteiger partial charge in [0.25, 0.3) is 0 Å². The van der Waals surface area contributed by atoms with Gasteiger partial charge in [-0.1, -0.05) is 6.07 Å². The summed E-state index contributed by atoms with van der Waals surface area (Å²) >= 11 is 0. The topological polar surface area (TPSA) is 88.2 Å². The zero-order chi connectivity index (χ0) is 22.5. The summed E-state index contributed by atoms with van der Waals surface area (Å²) in [4.78, 5) is 41.1. The van der Waals surface area contributed by atoms with Gasteiger partial charge in [-0.25, -0.2) is 9.59 Å². The molecule has 0 unspecified atom stereocenters. The molecular formula is C22H33N3O5. The van der Waals surface area contributed by atoms with Crippen LogP contribution in [-0.2, 0) is 14.3 Å². The van der Waals surface area contributed by atoms with E-state index in [1.54, 1.807) is 29.2 Å². The number of carbonyl (C=O) groups is 3. The Morgan fingerprint density at radius 3 is 2.33 bits per heavy atom. The van der Waals surface area contributed by atoms with Gasteiger partial charge in [0.15, 0.2) is 0 Å². The summed E-state index contributed by atoms with van der Waals surface area (Å²) in [6.07, 6.45) is 0.687. The molecule has 1 saturated heterocycles. The van der Waals surface area contributed by atoms with Crippen LogP contribution in [0.5, 0.6) is 0 Å². The molecule has 0 aromatic heterocycles. The molecule has 1 aliphatic heterocycles. The second-order valence-electron chi connectivity index (χ2n) is 9.01. The number of methoxy groups -OCH3 is 1. The van der Waals surface area contributed by atoms with Crippen LogP contribution in [0.2, 0.25) is 0 Å². The van der Waals surface area contributed by atoms with Crippen LogP contribution in [0.4, 0.5) is 10.5 Å². The SMILES string of the molecule is COC(=O)c1cccc(NC(=O)C2(CN(C)C)CCN(C(=O)OC(C)(C)C)CC2)c1. The lowest BCUT2D eigenvalue weighted by atomic mass is 9.77. The number of amides is 2. The number of hydrogen-bond acceptors (Lipinski definition) is 6. The molecule has 1 aromatic carbocycles. The molecule has 166 valence electrons. The van der Waals surface area contributed by atoms with Crippen molar-refractivity contribution < 1.29 is 23.9 Å². The van der Waals surface area contributed by atoms with Crippen molar-refractivity contribution in [1.29, 1.82) is 0 Å².